The highest BCUT2D eigenvalue weighted by Gasteiger charge is 2.85. The molecule has 1 N–H and O–H groups in total. The molecule has 1 amide bonds. The average molecular weight is 798 g/mol. The number of amides is 1. The summed E-state index contributed by atoms with van der Waals surface area (Å²) < 4.78 is 26.8. The highest BCUT2D eigenvalue weighted by molar-refractivity contribution is 5.68. The second-order valence-electron chi connectivity index (χ2n) is 22.7. The third-order valence-electron chi connectivity index (χ3n) is 18.5. The molecule has 5 saturated carbocycles. The van der Waals surface area contributed by atoms with E-state index in [1.165, 1.54) is 38.5 Å². The second-order valence-corrected chi connectivity index (χ2v) is 22.7. The molecule has 9 rings (SSSR count). The van der Waals surface area contributed by atoms with Gasteiger partial charge in [0.25, 0.3) is 0 Å². The smallest absolute Gasteiger partial charge is 0.410 e. The van der Waals surface area contributed by atoms with Crippen LogP contribution in [0.25, 0.3) is 0 Å². The Morgan fingerprint density at radius 1 is 0.912 bits per heavy atom. The molecule has 4 saturated heterocycles. The van der Waals surface area contributed by atoms with Crippen molar-refractivity contribution in [2.45, 2.75) is 170 Å². The van der Waals surface area contributed by atoms with E-state index in [1.807, 2.05) is 32.6 Å². The number of ether oxygens (including phenoxy) is 4. The zero-order valence-corrected chi connectivity index (χ0v) is 38.1. The lowest BCUT2D eigenvalue weighted by atomic mass is 9.46. The predicted octanol–water partition coefficient (Wildman–Crippen LogP) is 8.32. The van der Waals surface area contributed by atoms with E-state index in [1.54, 1.807) is 0 Å². The number of hydrogen-bond donors (Lipinski definition) is 1. The molecule has 9 nitrogen and oxygen atoms in total. The number of likely N-dealkylation sites (tertiary alicyclic amines) is 2. The molecule has 0 bridgehead atoms. The minimum absolute atomic E-state index is 0.00880. The van der Waals surface area contributed by atoms with E-state index >= 15 is 0 Å². The maximum absolute atomic E-state index is 13.0. The molecule has 0 radical (unpaired) electrons. The minimum atomic E-state index is -0.625. The zero-order chi connectivity index (χ0) is 40.9. The lowest BCUT2D eigenvalue weighted by molar-refractivity contribution is -0.246. The van der Waals surface area contributed by atoms with Gasteiger partial charge in [-0.1, -0.05) is 62.3 Å². The van der Waals surface area contributed by atoms with Crippen LogP contribution in [0.4, 0.5) is 4.79 Å². The molecular formula is C48H83N3O6. The fourth-order valence-corrected chi connectivity index (χ4v) is 16.3. The number of morpholine rings is 1. The topological polar surface area (TPSA) is 83.9 Å². The van der Waals surface area contributed by atoms with Crippen molar-refractivity contribution in [3.05, 3.63) is 0 Å². The van der Waals surface area contributed by atoms with Gasteiger partial charge in [0.1, 0.15) is 6.10 Å². The van der Waals surface area contributed by atoms with E-state index in [9.17, 15) is 9.90 Å². The number of aliphatic hydroxyl groups is 1. The Bertz CT molecular complexity index is 1440. The van der Waals surface area contributed by atoms with E-state index in [2.05, 4.69) is 58.3 Å². The number of nitrogens with zero attached hydrogens (tertiary/aromatic N) is 3. The van der Waals surface area contributed by atoms with Crippen LogP contribution in [0.5, 0.6) is 0 Å². The van der Waals surface area contributed by atoms with Crippen LogP contribution < -0.4 is 0 Å². The van der Waals surface area contributed by atoms with Crippen LogP contribution >= 0.6 is 0 Å². The van der Waals surface area contributed by atoms with Gasteiger partial charge in [-0.3, -0.25) is 9.80 Å². The highest BCUT2D eigenvalue weighted by Crippen LogP contribution is 2.89. The molecule has 9 aliphatic rings. The van der Waals surface area contributed by atoms with Crippen molar-refractivity contribution >= 4 is 6.09 Å². The lowest BCUT2D eigenvalue weighted by Gasteiger charge is -2.60. The number of β-amino-alcohol motifs (C(OH)–C–C–N with tert-alkyl or cyclic N) is 1. The largest absolute Gasteiger partial charge is 0.443 e. The summed E-state index contributed by atoms with van der Waals surface area (Å²) in [6.07, 6.45) is 11.2. The summed E-state index contributed by atoms with van der Waals surface area (Å²) in [4.78, 5) is 19.8. The molecule has 4 heterocycles. The first-order valence-electron chi connectivity index (χ1n) is 24.0. The number of hydrogen-bond acceptors (Lipinski definition) is 8. The van der Waals surface area contributed by atoms with E-state index in [0.717, 1.165) is 96.0 Å². The zero-order valence-electron chi connectivity index (χ0n) is 38.1. The van der Waals surface area contributed by atoms with Gasteiger partial charge in [0, 0.05) is 52.4 Å². The lowest BCUT2D eigenvalue weighted by Crippen LogP contribution is -2.58. The number of rotatable bonds is 9. The first-order chi connectivity index (χ1) is 27.0. The van der Waals surface area contributed by atoms with Crippen LogP contribution in [0, 0.1) is 69.0 Å². The van der Waals surface area contributed by atoms with E-state index in [0.29, 0.717) is 39.9 Å². The summed E-state index contributed by atoms with van der Waals surface area (Å²) in [5.41, 5.74) is 0.727. The van der Waals surface area contributed by atoms with Gasteiger partial charge in [0.2, 0.25) is 0 Å². The van der Waals surface area contributed by atoms with Crippen molar-refractivity contribution < 1.29 is 28.8 Å². The van der Waals surface area contributed by atoms with Crippen LogP contribution in [-0.2, 0) is 18.9 Å². The molecule has 9 heteroatoms. The van der Waals surface area contributed by atoms with Gasteiger partial charge in [0.15, 0.2) is 6.29 Å². The standard InChI is InChI=1S/C46H77N3O6.C2H6/c1-28(2)40(55-41(50)49-17-10-18-49)35-21-29(3)39-34(53-35)22-33-32-11-12-36-43(7,8)37(13-14-46(36)30(4)45(32,46)16-15-44(33,39)9)54-38-26-47(19-20-52-38)23-31-24-48(25-31)27-42(5,6)51;1-2/h28-40,51H,10-27H2,1-9H3;1-2H3/t29-,30+,32?,33?,34?,35?,36+,37+,38?,39?,40-,44?,45+,46?;/m1./s1. The molecule has 8 unspecified atom stereocenters. The predicted molar refractivity (Wildman–Crippen MR) is 225 cm³/mol. The molecule has 9 fully saturated rings. The fourth-order valence-electron chi connectivity index (χ4n) is 16.3. The van der Waals surface area contributed by atoms with Gasteiger partial charge in [-0.2, -0.15) is 0 Å². The van der Waals surface area contributed by atoms with Gasteiger partial charge in [-0.15, -0.1) is 0 Å². The number of carbonyl (C=O) groups excluding carboxylic acids is 1. The summed E-state index contributed by atoms with van der Waals surface area (Å²) in [5.74, 6) is 5.06. The third kappa shape index (κ3) is 6.97. The summed E-state index contributed by atoms with van der Waals surface area (Å²) in [6, 6.07) is 0. The SMILES string of the molecule is CC.CC(C)[C@@H](OC(=O)N1CCC1)C1C[C@@H](C)C2C(CC3C4CC[C@H]5C(C)(C)[C@@H](OC6CN(CC7CN(CC(C)(C)O)C7)CCO6)CCC56[C@@H](C)[C@@]46CCC32C)O1. The van der Waals surface area contributed by atoms with Crippen molar-refractivity contribution in [3.63, 3.8) is 0 Å². The minimum Gasteiger partial charge on any atom is -0.443 e. The quantitative estimate of drug-likeness (QED) is 0.250. The molecule has 2 spiro atoms. The van der Waals surface area contributed by atoms with E-state index in [-0.39, 0.29) is 48.1 Å². The first-order valence-corrected chi connectivity index (χ1v) is 24.0. The second kappa shape index (κ2) is 15.4. The Morgan fingerprint density at radius 2 is 1.65 bits per heavy atom. The Hall–Kier alpha value is -0.970. The molecule has 0 aromatic rings. The van der Waals surface area contributed by atoms with Crippen LogP contribution in [0.2, 0.25) is 0 Å². The third-order valence-corrected chi connectivity index (χ3v) is 18.5. The molecule has 5 aliphatic carbocycles. The molecule has 0 aromatic heterocycles. The van der Waals surface area contributed by atoms with Crippen LogP contribution in [0.3, 0.4) is 0 Å². The summed E-state index contributed by atoms with van der Waals surface area (Å²) in [5, 5.41) is 10.2. The molecule has 57 heavy (non-hydrogen) atoms. The monoisotopic (exact) mass is 798 g/mol. The van der Waals surface area contributed by atoms with Crippen LogP contribution in [0.1, 0.15) is 134 Å². The van der Waals surface area contributed by atoms with Crippen molar-refractivity contribution in [3.8, 4) is 0 Å². The maximum atomic E-state index is 13.0. The van der Waals surface area contributed by atoms with E-state index < -0.39 is 5.60 Å². The van der Waals surface area contributed by atoms with Crippen molar-refractivity contribution in [2.24, 2.45) is 69.0 Å². The summed E-state index contributed by atoms with van der Waals surface area (Å²) >= 11 is 0. The van der Waals surface area contributed by atoms with Crippen molar-refractivity contribution in [1.29, 1.82) is 0 Å². The van der Waals surface area contributed by atoms with Gasteiger partial charge >= 0.3 is 6.09 Å². The Kier molecular flexibility index (Phi) is 11.6. The normalized spacial score (nSPS) is 45.8. The van der Waals surface area contributed by atoms with Gasteiger partial charge < -0.3 is 29.0 Å². The molecule has 326 valence electrons. The summed E-state index contributed by atoms with van der Waals surface area (Å²) in [6.45, 7) is 33.4. The fraction of sp³-hybridized carbons (Fsp3) is 0.979. The first kappa shape index (κ1) is 42.7. The summed E-state index contributed by atoms with van der Waals surface area (Å²) in [7, 11) is 0. The van der Waals surface area contributed by atoms with Gasteiger partial charge in [-0.05, 0) is 141 Å². The van der Waals surface area contributed by atoms with Gasteiger partial charge in [-0.25, -0.2) is 4.79 Å². The molecular weight excluding hydrogens is 715 g/mol. The molecule has 4 aliphatic heterocycles. The van der Waals surface area contributed by atoms with Crippen molar-refractivity contribution in [2.75, 3.05) is 59.0 Å². The van der Waals surface area contributed by atoms with E-state index in [4.69, 9.17) is 18.9 Å². The van der Waals surface area contributed by atoms with Gasteiger partial charge in [0.05, 0.1) is 30.5 Å². The highest BCUT2D eigenvalue weighted by atomic mass is 16.7. The van der Waals surface area contributed by atoms with Crippen molar-refractivity contribution in [1.82, 2.24) is 14.7 Å². The number of carbonyl (C=O) groups is 1. The van der Waals surface area contributed by atoms with Crippen LogP contribution in [0.15, 0.2) is 0 Å². The number of fused-ring (bicyclic) bond motifs is 4. The Balaban J connectivity index is 0.00000224. The maximum Gasteiger partial charge on any atom is 0.410 e. The average Bonchev–Trinajstić information content (AvgIpc) is 3.47. The Morgan fingerprint density at radius 3 is 2.32 bits per heavy atom. The molecule has 14 atom stereocenters. The Labute approximate surface area is 347 Å². The molecule has 0 aromatic carbocycles. The van der Waals surface area contributed by atoms with Crippen LogP contribution in [-0.4, -0.2) is 121 Å².